The van der Waals surface area contributed by atoms with E-state index >= 15 is 0 Å². The molecule has 1 heteroatoms. The maximum absolute atomic E-state index is 9.23. The summed E-state index contributed by atoms with van der Waals surface area (Å²) in [5, 5.41) is 9.23. The first-order valence-corrected chi connectivity index (χ1v) is 9.70. The Balaban J connectivity index is 1.47. The van der Waals surface area contributed by atoms with E-state index in [1.54, 1.807) is 0 Å². The van der Waals surface area contributed by atoms with Crippen LogP contribution in [0, 0.1) is 17.8 Å². The molecule has 5 aliphatic rings. The predicted molar refractivity (Wildman–Crippen MR) is 107 cm³/mol. The van der Waals surface area contributed by atoms with Gasteiger partial charge in [0.25, 0.3) is 0 Å². The van der Waals surface area contributed by atoms with Crippen molar-refractivity contribution in [1.29, 1.82) is 0 Å². The zero-order valence-electron chi connectivity index (χ0n) is 14.9. The summed E-state index contributed by atoms with van der Waals surface area (Å²) < 4.78 is 0. The summed E-state index contributed by atoms with van der Waals surface area (Å²) in [5.41, 5.74) is 8.30. The van der Waals surface area contributed by atoms with E-state index in [1.807, 2.05) is 0 Å². The summed E-state index contributed by atoms with van der Waals surface area (Å²) >= 11 is 0. The van der Waals surface area contributed by atoms with Gasteiger partial charge in [-0.3, -0.25) is 0 Å². The van der Waals surface area contributed by atoms with E-state index in [2.05, 4.69) is 72.9 Å². The van der Waals surface area contributed by atoms with Crippen molar-refractivity contribution in [3.05, 3.63) is 106 Å². The van der Waals surface area contributed by atoms with Crippen LogP contribution in [0.3, 0.4) is 0 Å². The van der Waals surface area contributed by atoms with E-state index in [9.17, 15) is 5.11 Å². The van der Waals surface area contributed by atoms with Crippen molar-refractivity contribution in [2.75, 3.05) is 6.61 Å². The molecule has 0 aromatic carbocycles. The fourth-order valence-corrected chi connectivity index (χ4v) is 4.94. The second-order valence-electron chi connectivity index (χ2n) is 7.79. The van der Waals surface area contributed by atoms with Gasteiger partial charge >= 0.3 is 0 Å². The monoisotopic (exact) mass is 340 g/mol. The smallest absolute Gasteiger partial charge is 0.0644 e. The molecule has 0 saturated carbocycles. The Morgan fingerprint density at radius 2 is 1.88 bits per heavy atom. The van der Waals surface area contributed by atoms with Gasteiger partial charge in [0, 0.05) is 11.8 Å². The SMILES string of the molecule is OCC1=CC=C(C=CC2=CC=C3C=CC4=CC=CC5CC=C2C3C45)CC1. The van der Waals surface area contributed by atoms with E-state index < -0.39 is 0 Å². The van der Waals surface area contributed by atoms with Crippen LogP contribution in [0.2, 0.25) is 0 Å². The molecule has 0 radical (unpaired) electrons. The van der Waals surface area contributed by atoms with Gasteiger partial charge in [0.1, 0.15) is 0 Å². The van der Waals surface area contributed by atoms with Gasteiger partial charge in [-0.2, -0.15) is 0 Å². The van der Waals surface area contributed by atoms with Crippen molar-refractivity contribution in [3.63, 3.8) is 0 Å². The summed E-state index contributed by atoms with van der Waals surface area (Å²) in [6.07, 6.45) is 30.5. The molecule has 3 atom stereocenters. The molecule has 1 N–H and O–H groups in total. The molecule has 3 unspecified atom stereocenters. The quantitative estimate of drug-likeness (QED) is 0.740. The molecule has 0 spiro atoms. The number of rotatable bonds is 3. The lowest BCUT2D eigenvalue weighted by Gasteiger charge is -2.44. The van der Waals surface area contributed by atoms with Gasteiger partial charge in [-0.15, -0.1) is 0 Å². The van der Waals surface area contributed by atoms with Crippen LogP contribution in [0.4, 0.5) is 0 Å². The Morgan fingerprint density at radius 1 is 0.962 bits per heavy atom. The Hall–Kier alpha value is -2.38. The maximum atomic E-state index is 9.23. The van der Waals surface area contributed by atoms with E-state index in [0.29, 0.717) is 17.8 Å². The summed E-state index contributed by atoms with van der Waals surface area (Å²) in [5.74, 6) is 1.77. The van der Waals surface area contributed by atoms with Crippen molar-refractivity contribution >= 4 is 0 Å². The molecule has 0 aromatic rings. The van der Waals surface area contributed by atoms with Crippen molar-refractivity contribution in [2.24, 2.45) is 17.8 Å². The van der Waals surface area contributed by atoms with Crippen LogP contribution in [0.25, 0.3) is 0 Å². The number of aliphatic hydroxyl groups excluding tert-OH is 1. The van der Waals surface area contributed by atoms with Crippen LogP contribution >= 0.6 is 0 Å². The van der Waals surface area contributed by atoms with Gasteiger partial charge in [-0.05, 0) is 58.6 Å². The Labute approximate surface area is 155 Å². The zero-order chi connectivity index (χ0) is 17.5. The van der Waals surface area contributed by atoms with Crippen LogP contribution in [0.15, 0.2) is 106 Å². The van der Waals surface area contributed by atoms with Crippen molar-refractivity contribution in [2.45, 2.75) is 19.3 Å². The first-order valence-electron chi connectivity index (χ1n) is 9.70. The molecule has 5 aliphatic carbocycles. The lowest BCUT2D eigenvalue weighted by Crippen LogP contribution is -2.34. The zero-order valence-corrected chi connectivity index (χ0v) is 14.9. The molecule has 0 saturated heterocycles. The van der Waals surface area contributed by atoms with Gasteiger partial charge < -0.3 is 5.11 Å². The summed E-state index contributed by atoms with van der Waals surface area (Å²) in [6.45, 7) is 0.182. The van der Waals surface area contributed by atoms with E-state index in [4.69, 9.17) is 0 Å². The lowest BCUT2D eigenvalue weighted by atomic mass is 9.60. The minimum absolute atomic E-state index is 0.182. The lowest BCUT2D eigenvalue weighted by molar-refractivity contribution is 0.326. The number of aliphatic hydroxyl groups is 1. The number of hydrogen-bond acceptors (Lipinski definition) is 1. The molecule has 0 heterocycles. The molecule has 130 valence electrons. The molecular formula is C25H24O. The minimum atomic E-state index is 0.182. The Bertz CT molecular complexity index is 908. The Kier molecular flexibility index (Phi) is 3.90. The van der Waals surface area contributed by atoms with E-state index in [0.717, 1.165) is 24.8 Å². The highest BCUT2D eigenvalue weighted by Gasteiger charge is 2.41. The second-order valence-corrected chi connectivity index (χ2v) is 7.79. The van der Waals surface area contributed by atoms with Crippen LogP contribution in [0.5, 0.6) is 0 Å². The van der Waals surface area contributed by atoms with Crippen molar-refractivity contribution < 1.29 is 5.11 Å². The predicted octanol–water partition coefficient (Wildman–Crippen LogP) is 5.29. The van der Waals surface area contributed by atoms with Crippen LogP contribution < -0.4 is 0 Å². The third-order valence-corrected chi connectivity index (χ3v) is 6.36. The molecule has 0 aromatic heterocycles. The largest absolute Gasteiger partial charge is 0.392 e. The average molecular weight is 340 g/mol. The van der Waals surface area contributed by atoms with Gasteiger partial charge in [0.15, 0.2) is 0 Å². The van der Waals surface area contributed by atoms with Gasteiger partial charge in [-0.25, -0.2) is 0 Å². The fourth-order valence-electron chi connectivity index (χ4n) is 4.94. The normalized spacial score (nSPS) is 31.5. The number of allylic oxidation sites excluding steroid dienone is 17. The molecular weight excluding hydrogens is 316 g/mol. The van der Waals surface area contributed by atoms with Crippen molar-refractivity contribution in [3.8, 4) is 0 Å². The van der Waals surface area contributed by atoms with Gasteiger partial charge in [-0.1, -0.05) is 72.9 Å². The number of hydrogen-bond donors (Lipinski definition) is 1. The first-order chi connectivity index (χ1) is 12.8. The third kappa shape index (κ3) is 2.59. The standard InChI is InChI=1S/C25H24O/c26-16-18-6-4-17(5-7-18)8-9-19-10-11-22-13-12-20-2-1-3-21-14-15-23(19)25(22)24(20)21/h1-4,6,8-13,15,21,24-26H,5,7,14,16H2. The molecule has 5 rings (SSSR count). The molecule has 1 nitrogen and oxygen atoms in total. The molecule has 0 fully saturated rings. The maximum Gasteiger partial charge on any atom is 0.0644 e. The first kappa shape index (κ1) is 15.8. The third-order valence-electron chi connectivity index (χ3n) is 6.36. The van der Waals surface area contributed by atoms with Crippen LogP contribution in [0.1, 0.15) is 19.3 Å². The minimum Gasteiger partial charge on any atom is -0.392 e. The van der Waals surface area contributed by atoms with Gasteiger partial charge in [0.2, 0.25) is 0 Å². The topological polar surface area (TPSA) is 20.2 Å². The van der Waals surface area contributed by atoms with E-state index in [1.165, 1.54) is 27.9 Å². The molecule has 0 bridgehead atoms. The van der Waals surface area contributed by atoms with Crippen LogP contribution in [-0.2, 0) is 0 Å². The highest BCUT2D eigenvalue weighted by Crippen LogP contribution is 2.51. The Morgan fingerprint density at radius 3 is 2.73 bits per heavy atom. The van der Waals surface area contributed by atoms with Gasteiger partial charge in [0.05, 0.1) is 6.61 Å². The summed E-state index contributed by atoms with van der Waals surface area (Å²) in [4.78, 5) is 0. The fraction of sp³-hybridized carbons (Fsp3) is 0.280. The molecule has 0 amide bonds. The molecule has 26 heavy (non-hydrogen) atoms. The second kappa shape index (κ2) is 6.41. The van der Waals surface area contributed by atoms with Crippen LogP contribution in [-0.4, -0.2) is 11.7 Å². The molecule has 0 aliphatic heterocycles. The summed E-state index contributed by atoms with van der Waals surface area (Å²) in [7, 11) is 0. The average Bonchev–Trinajstić information content (AvgIpc) is 2.71. The highest BCUT2D eigenvalue weighted by atomic mass is 16.3. The van der Waals surface area contributed by atoms with Crippen molar-refractivity contribution in [1.82, 2.24) is 0 Å². The van der Waals surface area contributed by atoms with E-state index in [-0.39, 0.29) is 6.61 Å². The summed E-state index contributed by atoms with van der Waals surface area (Å²) in [6, 6.07) is 0. The highest BCUT2D eigenvalue weighted by molar-refractivity contribution is 5.59.